The summed E-state index contributed by atoms with van der Waals surface area (Å²) in [5.41, 5.74) is 1.93. The van der Waals surface area contributed by atoms with Gasteiger partial charge in [0.15, 0.2) is 0 Å². The van der Waals surface area contributed by atoms with Crippen LogP contribution in [-0.4, -0.2) is 37.5 Å². The molecule has 2 rings (SSSR count). The topological polar surface area (TPSA) is 61.8 Å². The summed E-state index contributed by atoms with van der Waals surface area (Å²) >= 11 is 0. The summed E-state index contributed by atoms with van der Waals surface area (Å²) in [5.74, 6) is 0. The van der Waals surface area contributed by atoms with Crippen molar-refractivity contribution in [1.82, 2.24) is 5.32 Å². The lowest BCUT2D eigenvalue weighted by Gasteiger charge is -2.31. The Hall–Kier alpha value is -1.59. The monoisotopic (exact) mass is 320 g/mol. The van der Waals surface area contributed by atoms with E-state index in [4.69, 9.17) is 4.74 Å². The fraction of sp³-hybridized carbons (Fsp3) is 0.611. The van der Waals surface area contributed by atoms with E-state index < -0.39 is 0 Å². The zero-order valence-corrected chi connectivity index (χ0v) is 14.3. The van der Waals surface area contributed by atoms with E-state index in [9.17, 15) is 9.90 Å². The first kappa shape index (κ1) is 17.8. The van der Waals surface area contributed by atoms with Gasteiger partial charge in [-0.2, -0.15) is 0 Å². The predicted molar refractivity (Wildman–Crippen MR) is 91.7 cm³/mol. The molecule has 5 nitrogen and oxygen atoms in total. The van der Waals surface area contributed by atoms with Crippen LogP contribution in [0.1, 0.15) is 45.2 Å². The summed E-state index contributed by atoms with van der Waals surface area (Å²) in [7, 11) is 0. The molecule has 1 saturated heterocycles. The first-order valence-electron chi connectivity index (χ1n) is 8.43. The van der Waals surface area contributed by atoms with Gasteiger partial charge < -0.3 is 15.2 Å². The van der Waals surface area contributed by atoms with E-state index in [-0.39, 0.29) is 24.2 Å². The van der Waals surface area contributed by atoms with Crippen LogP contribution in [0.4, 0.5) is 10.5 Å². The number of aliphatic hydroxyl groups excluding tert-OH is 1. The van der Waals surface area contributed by atoms with Crippen molar-refractivity contribution in [3.63, 3.8) is 0 Å². The largest absolute Gasteiger partial charge is 0.447 e. The molecule has 1 aromatic rings. The molecule has 0 saturated carbocycles. The van der Waals surface area contributed by atoms with Gasteiger partial charge in [-0.05, 0) is 37.5 Å². The van der Waals surface area contributed by atoms with Crippen molar-refractivity contribution >= 4 is 11.8 Å². The summed E-state index contributed by atoms with van der Waals surface area (Å²) in [4.78, 5) is 13.3. The van der Waals surface area contributed by atoms with E-state index in [0.717, 1.165) is 30.6 Å². The molecule has 1 aromatic carbocycles. The first-order chi connectivity index (χ1) is 11.0. The molecule has 0 spiro atoms. The maximum absolute atomic E-state index is 11.7. The number of carbonyl (C=O) groups is 1. The number of cyclic esters (lactones) is 1. The Kier molecular flexibility index (Phi) is 6.02. The van der Waals surface area contributed by atoms with Crippen molar-refractivity contribution in [3.05, 3.63) is 29.8 Å². The molecule has 5 heteroatoms. The van der Waals surface area contributed by atoms with E-state index in [0.29, 0.717) is 13.2 Å². The minimum Gasteiger partial charge on any atom is -0.447 e. The standard InChI is InChI=1S/C18H28N2O3/c1-4-18(5-2,13-21)12-19-14(3)15-7-6-8-16(11-15)20-9-10-23-17(20)22/h6-8,11,14,19,21H,4-5,9-10,12-13H2,1-3H3. The molecule has 1 fully saturated rings. The molecule has 1 aliphatic heterocycles. The minimum atomic E-state index is -0.279. The fourth-order valence-corrected chi connectivity index (χ4v) is 2.86. The highest BCUT2D eigenvalue weighted by Gasteiger charge is 2.26. The minimum absolute atomic E-state index is 0.0649. The molecule has 0 bridgehead atoms. The molecule has 2 N–H and O–H groups in total. The highest BCUT2D eigenvalue weighted by atomic mass is 16.6. The van der Waals surface area contributed by atoms with Gasteiger partial charge in [0, 0.05) is 30.3 Å². The number of anilines is 1. The van der Waals surface area contributed by atoms with Crippen molar-refractivity contribution in [3.8, 4) is 0 Å². The zero-order valence-electron chi connectivity index (χ0n) is 14.3. The van der Waals surface area contributed by atoms with Crippen LogP contribution < -0.4 is 10.2 Å². The Labute approximate surface area is 138 Å². The predicted octanol–water partition coefficient (Wildman–Crippen LogP) is 3.09. The number of hydrogen-bond donors (Lipinski definition) is 2. The molecule has 23 heavy (non-hydrogen) atoms. The van der Waals surface area contributed by atoms with Crippen LogP contribution in [0.3, 0.4) is 0 Å². The summed E-state index contributed by atoms with van der Waals surface area (Å²) in [6.07, 6.45) is 1.61. The van der Waals surface area contributed by atoms with Gasteiger partial charge in [0.2, 0.25) is 0 Å². The molecule has 1 aliphatic rings. The van der Waals surface area contributed by atoms with Crippen LogP contribution in [0.15, 0.2) is 24.3 Å². The van der Waals surface area contributed by atoms with E-state index >= 15 is 0 Å². The molecule has 1 unspecified atom stereocenters. The number of nitrogens with zero attached hydrogens (tertiary/aromatic N) is 1. The summed E-state index contributed by atoms with van der Waals surface area (Å²) in [6.45, 7) is 8.35. The van der Waals surface area contributed by atoms with Gasteiger partial charge in [-0.25, -0.2) is 4.79 Å². The number of aliphatic hydroxyl groups is 1. The zero-order chi connectivity index (χ0) is 16.9. The fourth-order valence-electron chi connectivity index (χ4n) is 2.86. The Morgan fingerprint density at radius 3 is 2.70 bits per heavy atom. The lowest BCUT2D eigenvalue weighted by Crippen LogP contribution is -2.37. The van der Waals surface area contributed by atoms with Crippen LogP contribution in [0.25, 0.3) is 0 Å². The molecule has 1 amide bonds. The molecule has 1 heterocycles. The van der Waals surface area contributed by atoms with Crippen molar-refractivity contribution in [1.29, 1.82) is 0 Å². The SMILES string of the molecule is CCC(CC)(CO)CNC(C)c1cccc(N2CCOC2=O)c1. The van der Waals surface area contributed by atoms with Crippen molar-refractivity contribution < 1.29 is 14.6 Å². The van der Waals surface area contributed by atoms with Gasteiger partial charge >= 0.3 is 6.09 Å². The molecule has 0 aliphatic carbocycles. The van der Waals surface area contributed by atoms with E-state index in [2.05, 4.69) is 32.2 Å². The van der Waals surface area contributed by atoms with Gasteiger partial charge in [0.05, 0.1) is 6.54 Å². The smallest absolute Gasteiger partial charge is 0.414 e. The van der Waals surface area contributed by atoms with Gasteiger partial charge in [-0.3, -0.25) is 4.90 Å². The van der Waals surface area contributed by atoms with Crippen molar-refractivity contribution in [2.24, 2.45) is 5.41 Å². The van der Waals surface area contributed by atoms with Gasteiger partial charge in [-0.15, -0.1) is 0 Å². The summed E-state index contributed by atoms with van der Waals surface area (Å²) in [5, 5.41) is 13.2. The second kappa shape index (κ2) is 7.79. The third kappa shape index (κ3) is 4.03. The number of benzene rings is 1. The van der Waals surface area contributed by atoms with Crippen LogP contribution in [0.5, 0.6) is 0 Å². The maximum Gasteiger partial charge on any atom is 0.414 e. The van der Waals surface area contributed by atoms with E-state index in [1.54, 1.807) is 4.90 Å². The lowest BCUT2D eigenvalue weighted by atomic mass is 9.83. The van der Waals surface area contributed by atoms with E-state index in [1.807, 2.05) is 18.2 Å². The number of ether oxygens (including phenoxy) is 1. The van der Waals surface area contributed by atoms with E-state index in [1.165, 1.54) is 0 Å². The molecular weight excluding hydrogens is 292 g/mol. The van der Waals surface area contributed by atoms with Gasteiger partial charge in [-0.1, -0.05) is 26.0 Å². The summed E-state index contributed by atoms with van der Waals surface area (Å²) in [6, 6.07) is 8.13. The Bertz CT molecular complexity index is 520. The highest BCUT2D eigenvalue weighted by molar-refractivity contribution is 5.89. The summed E-state index contributed by atoms with van der Waals surface area (Å²) < 4.78 is 5.00. The van der Waals surface area contributed by atoms with Crippen molar-refractivity contribution in [2.45, 2.75) is 39.7 Å². The number of amides is 1. The van der Waals surface area contributed by atoms with Crippen LogP contribution in [-0.2, 0) is 4.74 Å². The third-order valence-corrected chi connectivity index (χ3v) is 5.06. The average molecular weight is 320 g/mol. The van der Waals surface area contributed by atoms with Crippen LogP contribution in [0.2, 0.25) is 0 Å². The Morgan fingerprint density at radius 2 is 2.13 bits per heavy atom. The Balaban J connectivity index is 2.05. The number of rotatable bonds is 8. The van der Waals surface area contributed by atoms with Crippen molar-refractivity contribution in [2.75, 3.05) is 31.2 Å². The third-order valence-electron chi connectivity index (χ3n) is 5.06. The molecular formula is C18H28N2O3. The number of hydrogen-bond acceptors (Lipinski definition) is 4. The Morgan fingerprint density at radius 1 is 1.39 bits per heavy atom. The average Bonchev–Trinajstić information content (AvgIpc) is 3.02. The first-order valence-corrected chi connectivity index (χ1v) is 8.43. The van der Waals surface area contributed by atoms with Crippen LogP contribution in [0, 0.1) is 5.41 Å². The number of carbonyl (C=O) groups excluding carboxylic acids is 1. The van der Waals surface area contributed by atoms with Gasteiger partial charge in [0.1, 0.15) is 6.61 Å². The quantitative estimate of drug-likeness (QED) is 0.773. The van der Waals surface area contributed by atoms with Gasteiger partial charge in [0.25, 0.3) is 0 Å². The number of nitrogens with one attached hydrogen (secondary N) is 1. The molecule has 0 aromatic heterocycles. The lowest BCUT2D eigenvalue weighted by molar-refractivity contribution is 0.110. The second-order valence-electron chi connectivity index (χ2n) is 6.33. The van der Waals surface area contributed by atoms with Crippen LogP contribution >= 0.6 is 0 Å². The second-order valence-corrected chi connectivity index (χ2v) is 6.33. The normalized spacial score (nSPS) is 16.5. The molecule has 128 valence electrons. The maximum atomic E-state index is 11.7. The highest BCUT2D eigenvalue weighted by Crippen LogP contribution is 2.27. The molecule has 1 atom stereocenters. The molecule has 0 radical (unpaired) electrons.